The van der Waals surface area contributed by atoms with Crippen molar-refractivity contribution in [3.8, 4) is 0 Å². The van der Waals surface area contributed by atoms with Crippen molar-refractivity contribution in [3.63, 3.8) is 0 Å². The molecule has 0 fully saturated rings. The van der Waals surface area contributed by atoms with Crippen molar-refractivity contribution in [1.29, 1.82) is 0 Å². The predicted octanol–water partition coefficient (Wildman–Crippen LogP) is 4.58. The van der Waals surface area contributed by atoms with Gasteiger partial charge in [0, 0.05) is 22.3 Å². The van der Waals surface area contributed by atoms with Gasteiger partial charge in [-0.3, -0.25) is 4.79 Å². The average molecular weight is 351 g/mol. The number of benzene rings is 2. The molecule has 0 aromatic heterocycles. The van der Waals surface area contributed by atoms with Gasteiger partial charge in [-0.25, -0.2) is 4.39 Å². The lowest BCUT2D eigenvalue weighted by Crippen LogP contribution is -2.13. The Hall–Kier alpha value is -1.88. The highest BCUT2D eigenvalue weighted by atomic mass is 79.9. The van der Waals surface area contributed by atoms with Gasteiger partial charge in [-0.15, -0.1) is 0 Å². The van der Waals surface area contributed by atoms with Crippen molar-refractivity contribution in [2.75, 3.05) is 17.2 Å². The minimum atomic E-state index is -0.473. The summed E-state index contributed by atoms with van der Waals surface area (Å²) >= 11 is 3.18. The van der Waals surface area contributed by atoms with E-state index in [9.17, 15) is 9.18 Å². The SMILES string of the molecule is CCNc1ccc(C(=O)Nc2ccc(Br)cc2F)cc1C. The number of anilines is 2. The van der Waals surface area contributed by atoms with E-state index in [2.05, 4.69) is 26.6 Å². The molecule has 0 radical (unpaired) electrons. The Bertz CT molecular complexity index is 673. The van der Waals surface area contributed by atoms with Gasteiger partial charge in [-0.2, -0.15) is 0 Å². The van der Waals surface area contributed by atoms with Crippen LogP contribution in [0.4, 0.5) is 15.8 Å². The molecule has 0 heterocycles. The molecule has 2 N–H and O–H groups in total. The van der Waals surface area contributed by atoms with Crippen molar-refractivity contribution in [3.05, 3.63) is 57.8 Å². The van der Waals surface area contributed by atoms with Crippen LogP contribution in [-0.2, 0) is 0 Å². The number of carbonyl (C=O) groups is 1. The summed E-state index contributed by atoms with van der Waals surface area (Å²) in [6, 6.07) is 9.87. The third-order valence-corrected chi connectivity index (χ3v) is 3.53. The van der Waals surface area contributed by atoms with Crippen LogP contribution in [0.3, 0.4) is 0 Å². The Morgan fingerprint density at radius 1 is 1.19 bits per heavy atom. The Kier molecular flexibility index (Phi) is 4.96. The zero-order valence-electron chi connectivity index (χ0n) is 11.8. The van der Waals surface area contributed by atoms with Gasteiger partial charge < -0.3 is 10.6 Å². The molecule has 0 unspecified atom stereocenters. The summed E-state index contributed by atoms with van der Waals surface area (Å²) < 4.78 is 14.3. The fourth-order valence-electron chi connectivity index (χ4n) is 1.98. The Morgan fingerprint density at radius 2 is 1.90 bits per heavy atom. The molecule has 0 saturated carbocycles. The Labute approximate surface area is 131 Å². The topological polar surface area (TPSA) is 41.1 Å². The highest BCUT2D eigenvalue weighted by molar-refractivity contribution is 9.10. The van der Waals surface area contributed by atoms with Crippen LogP contribution in [0.15, 0.2) is 40.9 Å². The molecule has 1 amide bonds. The summed E-state index contributed by atoms with van der Waals surface area (Å²) in [6.45, 7) is 4.75. The second kappa shape index (κ2) is 6.72. The van der Waals surface area contributed by atoms with Gasteiger partial charge in [0.1, 0.15) is 5.82 Å². The quantitative estimate of drug-likeness (QED) is 0.847. The number of aryl methyl sites for hydroxylation is 1. The lowest BCUT2D eigenvalue weighted by atomic mass is 10.1. The fraction of sp³-hybridized carbons (Fsp3) is 0.188. The lowest BCUT2D eigenvalue weighted by molar-refractivity contribution is 0.102. The summed E-state index contributed by atoms with van der Waals surface area (Å²) in [5, 5.41) is 5.79. The van der Waals surface area contributed by atoms with Crippen LogP contribution in [0.25, 0.3) is 0 Å². The van der Waals surface area contributed by atoms with E-state index in [4.69, 9.17) is 0 Å². The molecule has 0 bridgehead atoms. The normalized spacial score (nSPS) is 10.3. The van der Waals surface area contributed by atoms with E-state index < -0.39 is 5.82 Å². The van der Waals surface area contributed by atoms with Crippen molar-refractivity contribution >= 4 is 33.2 Å². The minimum Gasteiger partial charge on any atom is -0.385 e. The molecule has 2 aromatic rings. The van der Waals surface area contributed by atoms with E-state index in [1.165, 1.54) is 12.1 Å². The second-order valence-corrected chi connectivity index (χ2v) is 5.55. The van der Waals surface area contributed by atoms with Crippen LogP contribution in [-0.4, -0.2) is 12.5 Å². The van der Waals surface area contributed by atoms with Crippen molar-refractivity contribution in [2.45, 2.75) is 13.8 Å². The third kappa shape index (κ3) is 3.82. The fourth-order valence-corrected chi connectivity index (χ4v) is 2.31. The number of rotatable bonds is 4. The van der Waals surface area contributed by atoms with Crippen LogP contribution in [0.1, 0.15) is 22.8 Å². The van der Waals surface area contributed by atoms with Crippen molar-refractivity contribution in [1.82, 2.24) is 0 Å². The highest BCUT2D eigenvalue weighted by Gasteiger charge is 2.11. The Balaban J connectivity index is 2.18. The van der Waals surface area contributed by atoms with Crippen LogP contribution in [0.2, 0.25) is 0 Å². The first-order valence-electron chi connectivity index (χ1n) is 6.62. The van der Waals surface area contributed by atoms with E-state index in [1.54, 1.807) is 18.2 Å². The zero-order chi connectivity index (χ0) is 15.4. The molecule has 0 spiro atoms. The maximum absolute atomic E-state index is 13.7. The van der Waals surface area contributed by atoms with Crippen LogP contribution < -0.4 is 10.6 Å². The maximum Gasteiger partial charge on any atom is 0.255 e. The van der Waals surface area contributed by atoms with E-state index in [0.717, 1.165) is 17.8 Å². The lowest BCUT2D eigenvalue weighted by Gasteiger charge is -2.10. The first-order valence-corrected chi connectivity index (χ1v) is 7.41. The van der Waals surface area contributed by atoms with Gasteiger partial charge in [-0.05, 0) is 55.8 Å². The van der Waals surface area contributed by atoms with Gasteiger partial charge in [0.05, 0.1) is 5.69 Å². The van der Waals surface area contributed by atoms with Crippen LogP contribution >= 0.6 is 15.9 Å². The number of halogens is 2. The molecule has 0 aliphatic heterocycles. The highest BCUT2D eigenvalue weighted by Crippen LogP contribution is 2.21. The van der Waals surface area contributed by atoms with Gasteiger partial charge in [-0.1, -0.05) is 15.9 Å². The Morgan fingerprint density at radius 3 is 2.52 bits per heavy atom. The van der Waals surface area contributed by atoms with Gasteiger partial charge in [0.2, 0.25) is 0 Å². The molecule has 21 heavy (non-hydrogen) atoms. The first-order chi connectivity index (χ1) is 10.0. The van der Waals surface area contributed by atoms with Crippen LogP contribution in [0.5, 0.6) is 0 Å². The number of hydrogen-bond acceptors (Lipinski definition) is 2. The van der Waals surface area contributed by atoms with Crippen LogP contribution in [0, 0.1) is 12.7 Å². The molecule has 5 heteroatoms. The predicted molar refractivity (Wildman–Crippen MR) is 87.4 cm³/mol. The molecule has 2 aromatic carbocycles. The van der Waals surface area contributed by atoms with E-state index in [-0.39, 0.29) is 11.6 Å². The molecule has 3 nitrogen and oxygen atoms in total. The summed E-state index contributed by atoms with van der Waals surface area (Å²) in [5.74, 6) is -0.805. The van der Waals surface area contributed by atoms with E-state index in [1.807, 2.05) is 19.9 Å². The number of nitrogens with one attached hydrogen (secondary N) is 2. The second-order valence-electron chi connectivity index (χ2n) is 4.64. The smallest absolute Gasteiger partial charge is 0.255 e. The number of amides is 1. The van der Waals surface area contributed by atoms with Gasteiger partial charge in [0.15, 0.2) is 0 Å². The molecular formula is C16H16BrFN2O. The molecule has 0 saturated heterocycles. The van der Waals surface area contributed by atoms with Crippen molar-refractivity contribution < 1.29 is 9.18 Å². The summed E-state index contributed by atoms with van der Waals surface area (Å²) in [4.78, 5) is 12.2. The largest absolute Gasteiger partial charge is 0.385 e. The molecule has 0 aliphatic carbocycles. The van der Waals surface area contributed by atoms with E-state index in [0.29, 0.717) is 10.0 Å². The molecular weight excluding hydrogens is 335 g/mol. The first kappa shape index (κ1) is 15.5. The van der Waals surface area contributed by atoms with Crippen molar-refractivity contribution in [2.24, 2.45) is 0 Å². The third-order valence-electron chi connectivity index (χ3n) is 3.04. The monoisotopic (exact) mass is 350 g/mol. The maximum atomic E-state index is 13.7. The zero-order valence-corrected chi connectivity index (χ0v) is 13.4. The summed E-state index contributed by atoms with van der Waals surface area (Å²) in [7, 11) is 0. The average Bonchev–Trinajstić information content (AvgIpc) is 2.44. The van der Waals surface area contributed by atoms with E-state index >= 15 is 0 Å². The molecule has 110 valence electrons. The summed E-state index contributed by atoms with van der Waals surface area (Å²) in [5.41, 5.74) is 2.62. The summed E-state index contributed by atoms with van der Waals surface area (Å²) in [6.07, 6.45) is 0. The standard InChI is InChI=1S/C16H16BrFN2O/c1-3-19-14-6-4-11(8-10(14)2)16(21)20-15-7-5-12(17)9-13(15)18/h4-9,19H,3H2,1-2H3,(H,20,21). The minimum absolute atomic E-state index is 0.164. The molecule has 0 atom stereocenters. The molecule has 2 rings (SSSR count). The number of hydrogen-bond donors (Lipinski definition) is 2. The molecule has 0 aliphatic rings. The van der Waals surface area contributed by atoms with Gasteiger partial charge >= 0.3 is 0 Å². The number of carbonyl (C=O) groups excluding carboxylic acids is 1. The van der Waals surface area contributed by atoms with Gasteiger partial charge in [0.25, 0.3) is 5.91 Å².